The molecule has 0 unspecified atom stereocenters. The SMILES string of the molecule is O=C(Cc1ccc(Cl)cc1)NCCCn1ccnn1. The second kappa shape index (κ2) is 6.89. The minimum Gasteiger partial charge on any atom is -0.356 e. The monoisotopic (exact) mass is 278 g/mol. The molecule has 0 bridgehead atoms. The zero-order chi connectivity index (χ0) is 13.5. The highest BCUT2D eigenvalue weighted by Crippen LogP contribution is 2.09. The topological polar surface area (TPSA) is 59.8 Å². The Morgan fingerprint density at radius 1 is 1.32 bits per heavy atom. The highest BCUT2D eigenvalue weighted by atomic mass is 35.5. The number of rotatable bonds is 6. The van der Waals surface area contributed by atoms with Gasteiger partial charge in [0.2, 0.25) is 5.91 Å². The van der Waals surface area contributed by atoms with E-state index in [4.69, 9.17) is 11.6 Å². The van der Waals surface area contributed by atoms with E-state index in [9.17, 15) is 4.79 Å². The molecule has 0 aliphatic heterocycles. The highest BCUT2D eigenvalue weighted by molar-refractivity contribution is 6.30. The van der Waals surface area contributed by atoms with Crippen molar-refractivity contribution in [1.82, 2.24) is 20.3 Å². The fourth-order valence-corrected chi connectivity index (χ4v) is 1.80. The van der Waals surface area contributed by atoms with Crippen molar-refractivity contribution in [2.75, 3.05) is 6.54 Å². The normalized spacial score (nSPS) is 10.4. The van der Waals surface area contributed by atoms with Crippen LogP contribution in [-0.4, -0.2) is 27.4 Å². The molecule has 1 aromatic heterocycles. The number of nitrogens with one attached hydrogen (secondary N) is 1. The van der Waals surface area contributed by atoms with Crippen molar-refractivity contribution in [2.24, 2.45) is 0 Å². The predicted molar refractivity (Wildman–Crippen MR) is 72.8 cm³/mol. The first kappa shape index (κ1) is 13.5. The number of aromatic nitrogens is 3. The molecular formula is C13H15ClN4O. The summed E-state index contributed by atoms with van der Waals surface area (Å²) in [6.45, 7) is 1.38. The zero-order valence-electron chi connectivity index (χ0n) is 10.4. The van der Waals surface area contributed by atoms with E-state index in [2.05, 4.69) is 15.6 Å². The maximum absolute atomic E-state index is 11.7. The summed E-state index contributed by atoms with van der Waals surface area (Å²) in [5.41, 5.74) is 0.957. The van der Waals surface area contributed by atoms with Crippen molar-refractivity contribution in [1.29, 1.82) is 0 Å². The molecule has 0 saturated carbocycles. The van der Waals surface area contributed by atoms with Gasteiger partial charge in [-0.05, 0) is 24.1 Å². The molecule has 0 atom stereocenters. The van der Waals surface area contributed by atoms with E-state index in [0.717, 1.165) is 18.5 Å². The molecule has 0 saturated heterocycles. The van der Waals surface area contributed by atoms with Crippen LogP contribution >= 0.6 is 11.6 Å². The molecule has 1 heterocycles. The maximum atomic E-state index is 11.7. The summed E-state index contributed by atoms with van der Waals surface area (Å²) >= 11 is 5.79. The summed E-state index contributed by atoms with van der Waals surface area (Å²) in [6.07, 6.45) is 4.64. The third-order valence-corrected chi connectivity index (χ3v) is 2.89. The van der Waals surface area contributed by atoms with Gasteiger partial charge in [0.25, 0.3) is 0 Å². The van der Waals surface area contributed by atoms with Crippen LogP contribution in [0.15, 0.2) is 36.7 Å². The predicted octanol–water partition coefficient (Wildman–Crippen LogP) is 1.68. The van der Waals surface area contributed by atoms with Crippen LogP contribution in [0.2, 0.25) is 5.02 Å². The van der Waals surface area contributed by atoms with E-state index in [1.54, 1.807) is 29.2 Å². The first-order valence-corrected chi connectivity index (χ1v) is 6.47. The third kappa shape index (κ3) is 4.71. The van der Waals surface area contributed by atoms with E-state index in [1.807, 2.05) is 12.1 Å². The number of nitrogens with zero attached hydrogens (tertiary/aromatic N) is 3. The van der Waals surface area contributed by atoms with Gasteiger partial charge in [-0.1, -0.05) is 28.9 Å². The smallest absolute Gasteiger partial charge is 0.224 e. The van der Waals surface area contributed by atoms with Gasteiger partial charge in [-0.3, -0.25) is 9.48 Å². The molecule has 19 heavy (non-hydrogen) atoms. The van der Waals surface area contributed by atoms with Crippen LogP contribution in [0.3, 0.4) is 0 Å². The molecule has 0 fully saturated rings. The maximum Gasteiger partial charge on any atom is 0.224 e. The molecule has 2 rings (SSSR count). The van der Waals surface area contributed by atoms with Crippen molar-refractivity contribution in [3.05, 3.63) is 47.2 Å². The molecule has 0 aliphatic carbocycles. The fourth-order valence-electron chi connectivity index (χ4n) is 1.67. The quantitative estimate of drug-likeness (QED) is 0.818. The third-order valence-electron chi connectivity index (χ3n) is 2.64. The Kier molecular flexibility index (Phi) is 4.92. The van der Waals surface area contributed by atoms with Crippen LogP contribution in [0, 0.1) is 0 Å². The lowest BCUT2D eigenvalue weighted by Crippen LogP contribution is -2.26. The summed E-state index contributed by atoms with van der Waals surface area (Å²) in [6, 6.07) is 7.29. The largest absolute Gasteiger partial charge is 0.356 e. The van der Waals surface area contributed by atoms with Crippen molar-refractivity contribution >= 4 is 17.5 Å². The molecule has 5 nitrogen and oxygen atoms in total. The molecule has 2 aromatic rings. The second-order valence-corrected chi connectivity index (χ2v) is 4.61. The van der Waals surface area contributed by atoms with Gasteiger partial charge < -0.3 is 5.32 Å². The molecule has 1 amide bonds. The van der Waals surface area contributed by atoms with Crippen LogP contribution in [0.25, 0.3) is 0 Å². The van der Waals surface area contributed by atoms with Gasteiger partial charge >= 0.3 is 0 Å². The van der Waals surface area contributed by atoms with E-state index in [-0.39, 0.29) is 5.91 Å². The number of hydrogen-bond donors (Lipinski definition) is 1. The standard InChI is InChI=1S/C13H15ClN4O/c14-12-4-2-11(3-5-12)10-13(19)15-6-1-8-18-9-7-16-17-18/h2-5,7,9H,1,6,8,10H2,(H,15,19). The molecule has 0 spiro atoms. The lowest BCUT2D eigenvalue weighted by Gasteiger charge is -2.05. The van der Waals surface area contributed by atoms with Crippen LogP contribution in [-0.2, 0) is 17.8 Å². The number of carbonyl (C=O) groups excluding carboxylic acids is 1. The van der Waals surface area contributed by atoms with Gasteiger partial charge in [-0.2, -0.15) is 0 Å². The van der Waals surface area contributed by atoms with Gasteiger partial charge in [0.15, 0.2) is 0 Å². The summed E-state index contributed by atoms with van der Waals surface area (Å²) in [7, 11) is 0. The van der Waals surface area contributed by atoms with E-state index in [0.29, 0.717) is 18.0 Å². The first-order valence-electron chi connectivity index (χ1n) is 6.09. The van der Waals surface area contributed by atoms with E-state index >= 15 is 0 Å². The highest BCUT2D eigenvalue weighted by Gasteiger charge is 2.02. The van der Waals surface area contributed by atoms with Gasteiger partial charge in [0.1, 0.15) is 0 Å². The molecule has 6 heteroatoms. The Morgan fingerprint density at radius 3 is 2.79 bits per heavy atom. The minimum absolute atomic E-state index is 0.0147. The Labute approximate surface area is 116 Å². The Balaban J connectivity index is 1.65. The number of halogens is 1. The summed E-state index contributed by atoms with van der Waals surface area (Å²) in [4.78, 5) is 11.7. The second-order valence-electron chi connectivity index (χ2n) is 4.17. The lowest BCUT2D eigenvalue weighted by molar-refractivity contribution is -0.120. The summed E-state index contributed by atoms with van der Waals surface area (Å²) in [5, 5.41) is 11.1. The Morgan fingerprint density at radius 2 is 2.11 bits per heavy atom. The summed E-state index contributed by atoms with van der Waals surface area (Å²) in [5.74, 6) is 0.0147. The molecule has 100 valence electrons. The van der Waals surface area contributed by atoms with Crippen LogP contribution in [0.1, 0.15) is 12.0 Å². The van der Waals surface area contributed by atoms with Crippen molar-refractivity contribution in [2.45, 2.75) is 19.4 Å². The number of amides is 1. The van der Waals surface area contributed by atoms with Crippen LogP contribution < -0.4 is 5.32 Å². The minimum atomic E-state index is 0.0147. The average molecular weight is 279 g/mol. The van der Waals surface area contributed by atoms with E-state index in [1.165, 1.54) is 0 Å². The number of benzene rings is 1. The number of aryl methyl sites for hydroxylation is 1. The van der Waals surface area contributed by atoms with Gasteiger partial charge in [0, 0.05) is 24.3 Å². The van der Waals surface area contributed by atoms with Crippen molar-refractivity contribution in [3.8, 4) is 0 Å². The Bertz CT molecular complexity index is 510. The van der Waals surface area contributed by atoms with Gasteiger partial charge in [-0.15, -0.1) is 5.10 Å². The van der Waals surface area contributed by atoms with Crippen LogP contribution in [0.5, 0.6) is 0 Å². The fraction of sp³-hybridized carbons (Fsp3) is 0.308. The molecule has 0 radical (unpaired) electrons. The Hall–Kier alpha value is -1.88. The van der Waals surface area contributed by atoms with Crippen LogP contribution in [0.4, 0.5) is 0 Å². The van der Waals surface area contributed by atoms with Crippen molar-refractivity contribution < 1.29 is 4.79 Å². The number of carbonyl (C=O) groups is 1. The zero-order valence-corrected chi connectivity index (χ0v) is 11.2. The van der Waals surface area contributed by atoms with Gasteiger partial charge in [0.05, 0.1) is 12.6 Å². The first-order chi connectivity index (χ1) is 9.24. The van der Waals surface area contributed by atoms with Gasteiger partial charge in [-0.25, -0.2) is 0 Å². The average Bonchev–Trinajstić information content (AvgIpc) is 2.91. The number of hydrogen-bond acceptors (Lipinski definition) is 3. The molecule has 0 aliphatic rings. The molecular weight excluding hydrogens is 264 g/mol. The lowest BCUT2D eigenvalue weighted by atomic mass is 10.1. The molecule has 1 aromatic carbocycles. The van der Waals surface area contributed by atoms with E-state index < -0.39 is 0 Å². The van der Waals surface area contributed by atoms with Crippen molar-refractivity contribution in [3.63, 3.8) is 0 Å². The summed E-state index contributed by atoms with van der Waals surface area (Å²) < 4.78 is 1.74. The molecule has 1 N–H and O–H groups in total.